The molecule has 1 heterocycles. The molecule has 1 aromatic heterocycles. The third kappa shape index (κ3) is 2.49. The molecule has 13 heavy (non-hydrogen) atoms. The molecule has 0 unspecified atom stereocenters. The maximum Gasteiger partial charge on any atom is 0.281 e. The minimum atomic E-state index is -2.60. The van der Waals surface area contributed by atoms with Crippen molar-refractivity contribution in [2.24, 2.45) is 0 Å². The molecule has 0 aliphatic heterocycles. The molecule has 0 radical (unpaired) electrons. The maximum absolute atomic E-state index is 12.3. The van der Waals surface area contributed by atoms with Gasteiger partial charge in [0, 0.05) is 4.47 Å². The number of nitrogens with zero attached hydrogens (tertiary/aromatic N) is 1. The zero-order chi connectivity index (χ0) is 10.0. The van der Waals surface area contributed by atoms with Crippen LogP contribution in [0.4, 0.5) is 8.78 Å². The molecule has 1 rings (SSSR count). The molecule has 2 nitrogen and oxygen atoms in total. The predicted molar refractivity (Wildman–Crippen MR) is 56.2 cm³/mol. The van der Waals surface area contributed by atoms with Crippen LogP contribution in [-0.4, -0.2) is 12.1 Å². The van der Waals surface area contributed by atoms with Gasteiger partial charge in [0.25, 0.3) is 6.43 Å². The molecule has 0 saturated heterocycles. The van der Waals surface area contributed by atoms with E-state index in [1.807, 2.05) is 22.6 Å². The van der Waals surface area contributed by atoms with Gasteiger partial charge in [-0.05, 0) is 44.6 Å². The summed E-state index contributed by atoms with van der Waals surface area (Å²) in [5.74, 6) is 0.221. The molecule has 0 spiro atoms. The monoisotopic (exact) mass is 363 g/mol. The van der Waals surface area contributed by atoms with Gasteiger partial charge in [-0.15, -0.1) is 0 Å². The van der Waals surface area contributed by atoms with Crippen molar-refractivity contribution in [1.29, 1.82) is 0 Å². The minimum absolute atomic E-state index is 0.221. The van der Waals surface area contributed by atoms with Crippen LogP contribution >= 0.6 is 38.5 Å². The van der Waals surface area contributed by atoms with Crippen molar-refractivity contribution in [2.45, 2.75) is 6.43 Å². The molecule has 0 N–H and O–H groups in total. The molecule has 0 atom stereocenters. The predicted octanol–water partition coefficient (Wildman–Crippen LogP) is 3.39. The summed E-state index contributed by atoms with van der Waals surface area (Å²) in [4.78, 5) is 3.66. The number of rotatable bonds is 2. The van der Waals surface area contributed by atoms with Gasteiger partial charge in [-0.25, -0.2) is 13.8 Å². The minimum Gasteiger partial charge on any atom is -0.480 e. The van der Waals surface area contributed by atoms with Gasteiger partial charge in [0.2, 0.25) is 5.88 Å². The molecule has 0 amide bonds. The Kier molecular flexibility index (Phi) is 3.84. The highest BCUT2D eigenvalue weighted by atomic mass is 127. The second-order valence-electron chi connectivity index (χ2n) is 2.15. The van der Waals surface area contributed by atoms with E-state index < -0.39 is 6.43 Å². The Bertz CT molecular complexity index is 322. The highest BCUT2D eigenvalue weighted by Crippen LogP contribution is 2.30. The van der Waals surface area contributed by atoms with Crippen molar-refractivity contribution in [3.63, 3.8) is 0 Å². The highest BCUT2D eigenvalue weighted by molar-refractivity contribution is 14.1. The molecule has 0 bridgehead atoms. The Morgan fingerprint density at radius 1 is 1.62 bits per heavy atom. The molecule has 1 aromatic rings. The average Bonchev–Trinajstić information content (AvgIpc) is 2.03. The van der Waals surface area contributed by atoms with Crippen molar-refractivity contribution in [1.82, 2.24) is 4.98 Å². The van der Waals surface area contributed by atoms with Gasteiger partial charge in [-0.3, -0.25) is 0 Å². The van der Waals surface area contributed by atoms with Gasteiger partial charge in [0.15, 0.2) is 0 Å². The number of alkyl halides is 2. The van der Waals surface area contributed by atoms with Crippen molar-refractivity contribution >= 4 is 38.5 Å². The summed E-state index contributed by atoms with van der Waals surface area (Å²) in [6.07, 6.45) is -2.60. The Morgan fingerprint density at radius 2 is 2.23 bits per heavy atom. The SMILES string of the molecule is COc1nc(C(F)F)c(Br)cc1I. The van der Waals surface area contributed by atoms with Crippen molar-refractivity contribution in [3.8, 4) is 5.88 Å². The summed E-state index contributed by atoms with van der Waals surface area (Å²) in [6, 6.07) is 1.55. The first-order valence-corrected chi connectivity index (χ1v) is 5.11. The number of ether oxygens (including phenoxy) is 1. The van der Waals surface area contributed by atoms with Crippen LogP contribution in [0.25, 0.3) is 0 Å². The van der Waals surface area contributed by atoms with Crippen LogP contribution < -0.4 is 4.74 Å². The molecule has 0 saturated carbocycles. The molecule has 0 aromatic carbocycles. The van der Waals surface area contributed by atoms with Crippen LogP contribution in [0.1, 0.15) is 12.1 Å². The van der Waals surface area contributed by atoms with Crippen molar-refractivity contribution in [3.05, 3.63) is 19.8 Å². The second-order valence-corrected chi connectivity index (χ2v) is 4.16. The Balaban J connectivity index is 3.22. The van der Waals surface area contributed by atoms with E-state index in [0.717, 1.165) is 0 Å². The standard InChI is InChI=1S/C7H5BrF2INO/c1-13-7-4(11)2-3(8)5(12-7)6(9)10/h2,6H,1H3. The lowest BCUT2D eigenvalue weighted by Crippen LogP contribution is -1.98. The van der Waals surface area contributed by atoms with Crippen molar-refractivity contribution < 1.29 is 13.5 Å². The van der Waals surface area contributed by atoms with Crippen molar-refractivity contribution in [2.75, 3.05) is 7.11 Å². The Hall–Kier alpha value is 0.0200. The Labute approximate surface area is 96.0 Å². The maximum atomic E-state index is 12.3. The molecule has 0 aliphatic carbocycles. The normalized spacial score (nSPS) is 10.6. The number of hydrogen-bond acceptors (Lipinski definition) is 2. The first-order chi connectivity index (χ1) is 6.06. The number of pyridine rings is 1. The number of hydrogen-bond donors (Lipinski definition) is 0. The summed E-state index contributed by atoms with van der Waals surface area (Å²) < 4.78 is 30.5. The smallest absolute Gasteiger partial charge is 0.281 e. The van der Waals surface area contributed by atoms with E-state index in [1.54, 1.807) is 6.07 Å². The van der Waals surface area contributed by atoms with Crippen LogP contribution in [-0.2, 0) is 0 Å². The lowest BCUT2D eigenvalue weighted by molar-refractivity contribution is 0.144. The summed E-state index contributed by atoms with van der Waals surface area (Å²) in [5.41, 5.74) is -0.294. The lowest BCUT2D eigenvalue weighted by Gasteiger charge is -2.06. The first kappa shape index (κ1) is 11.1. The van der Waals surface area contributed by atoms with E-state index in [0.29, 0.717) is 8.04 Å². The fourth-order valence-electron chi connectivity index (χ4n) is 0.759. The third-order valence-corrected chi connectivity index (χ3v) is 2.73. The molecular formula is C7H5BrF2INO. The average molecular weight is 364 g/mol. The Morgan fingerprint density at radius 3 is 2.69 bits per heavy atom. The third-order valence-electron chi connectivity index (χ3n) is 1.32. The van der Waals surface area contributed by atoms with Crippen LogP contribution in [0.5, 0.6) is 5.88 Å². The fourth-order valence-corrected chi connectivity index (χ4v) is 2.33. The number of aromatic nitrogens is 1. The second kappa shape index (κ2) is 4.50. The summed E-state index contributed by atoms with van der Waals surface area (Å²) >= 11 is 4.97. The molecule has 0 fully saturated rings. The highest BCUT2D eigenvalue weighted by Gasteiger charge is 2.16. The van der Waals surface area contributed by atoms with Gasteiger partial charge < -0.3 is 4.74 Å². The van der Waals surface area contributed by atoms with Crippen LogP contribution in [0.2, 0.25) is 0 Å². The van der Waals surface area contributed by atoms with Gasteiger partial charge in [0.05, 0.1) is 10.7 Å². The van der Waals surface area contributed by atoms with E-state index in [-0.39, 0.29) is 11.6 Å². The van der Waals surface area contributed by atoms with Crippen LogP contribution in [0, 0.1) is 3.57 Å². The van der Waals surface area contributed by atoms with E-state index in [9.17, 15) is 8.78 Å². The van der Waals surface area contributed by atoms with Gasteiger partial charge in [-0.1, -0.05) is 0 Å². The van der Waals surface area contributed by atoms with Gasteiger partial charge in [-0.2, -0.15) is 0 Å². The summed E-state index contributed by atoms with van der Waals surface area (Å²) in [7, 11) is 1.40. The zero-order valence-corrected chi connectivity index (χ0v) is 10.3. The van der Waals surface area contributed by atoms with Gasteiger partial charge in [0.1, 0.15) is 5.69 Å². The largest absolute Gasteiger partial charge is 0.480 e. The summed E-state index contributed by atoms with van der Waals surface area (Å²) in [5, 5.41) is 0. The van der Waals surface area contributed by atoms with Crippen LogP contribution in [0.3, 0.4) is 0 Å². The molecule has 72 valence electrons. The first-order valence-electron chi connectivity index (χ1n) is 3.24. The van der Waals surface area contributed by atoms with Gasteiger partial charge >= 0.3 is 0 Å². The quantitative estimate of drug-likeness (QED) is 0.751. The molecule has 6 heteroatoms. The van der Waals surface area contributed by atoms with Crippen LogP contribution in [0.15, 0.2) is 10.5 Å². The van der Waals surface area contributed by atoms with E-state index in [2.05, 4.69) is 20.9 Å². The van der Waals surface area contributed by atoms with E-state index in [4.69, 9.17) is 4.74 Å². The lowest BCUT2D eigenvalue weighted by atomic mass is 10.3. The number of halogens is 4. The summed E-state index contributed by atoms with van der Waals surface area (Å²) in [6.45, 7) is 0. The molecular weight excluding hydrogens is 359 g/mol. The molecule has 0 aliphatic rings. The topological polar surface area (TPSA) is 22.1 Å². The van der Waals surface area contributed by atoms with E-state index in [1.165, 1.54) is 7.11 Å². The zero-order valence-electron chi connectivity index (χ0n) is 6.52. The van der Waals surface area contributed by atoms with E-state index >= 15 is 0 Å². The number of methoxy groups -OCH3 is 1. The fraction of sp³-hybridized carbons (Fsp3) is 0.286.